The fourth-order valence-corrected chi connectivity index (χ4v) is 3.27. The molecule has 2 heterocycles. The van der Waals surface area contributed by atoms with Crippen molar-refractivity contribution in [3.63, 3.8) is 0 Å². The Labute approximate surface area is 171 Å². The maximum Gasteiger partial charge on any atom is 0.255 e. The van der Waals surface area contributed by atoms with Gasteiger partial charge in [0.15, 0.2) is 0 Å². The van der Waals surface area contributed by atoms with Gasteiger partial charge in [0.1, 0.15) is 5.82 Å². The molecular formula is C22H18F2N4O2. The van der Waals surface area contributed by atoms with Crippen LogP contribution in [0.3, 0.4) is 0 Å². The van der Waals surface area contributed by atoms with Crippen molar-refractivity contribution in [3.05, 3.63) is 72.7 Å². The van der Waals surface area contributed by atoms with Crippen LogP contribution in [-0.4, -0.2) is 27.7 Å². The van der Waals surface area contributed by atoms with Crippen molar-refractivity contribution < 1.29 is 18.4 Å². The maximum absolute atomic E-state index is 13.0. The van der Waals surface area contributed by atoms with Crippen LogP contribution in [0, 0.1) is 5.92 Å². The average molecular weight is 408 g/mol. The highest BCUT2D eigenvalue weighted by Crippen LogP contribution is 2.42. The van der Waals surface area contributed by atoms with Gasteiger partial charge in [0.2, 0.25) is 11.8 Å². The molecule has 0 unspecified atom stereocenters. The lowest BCUT2D eigenvalue weighted by atomic mass is 9.81. The number of carbonyl (C=O) groups excluding carboxylic acids is 2. The van der Waals surface area contributed by atoms with E-state index in [2.05, 4.69) is 20.6 Å². The third-order valence-corrected chi connectivity index (χ3v) is 4.89. The Morgan fingerprint density at radius 2 is 1.77 bits per heavy atom. The van der Waals surface area contributed by atoms with E-state index in [0.717, 1.165) is 11.1 Å². The summed E-state index contributed by atoms with van der Waals surface area (Å²) in [4.78, 5) is 32.9. The average Bonchev–Trinajstić information content (AvgIpc) is 2.73. The molecule has 1 aliphatic rings. The molecule has 1 saturated carbocycles. The molecule has 6 nitrogen and oxygen atoms in total. The number of rotatable bonds is 5. The lowest BCUT2D eigenvalue weighted by Gasteiger charge is -2.33. The number of nitrogens with one attached hydrogen (secondary N) is 2. The fourth-order valence-electron chi connectivity index (χ4n) is 3.27. The molecule has 152 valence electrons. The minimum atomic E-state index is -2.78. The first-order valence-corrected chi connectivity index (χ1v) is 9.37. The highest BCUT2D eigenvalue weighted by atomic mass is 19.3. The van der Waals surface area contributed by atoms with Crippen LogP contribution in [0.25, 0.3) is 11.1 Å². The van der Waals surface area contributed by atoms with Crippen molar-refractivity contribution in [2.24, 2.45) is 5.92 Å². The van der Waals surface area contributed by atoms with E-state index in [9.17, 15) is 18.4 Å². The minimum absolute atomic E-state index is 0.136. The van der Waals surface area contributed by atoms with E-state index in [0.29, 0.717) is 5.69 Å². The van der Waals surface area contributed by atoms with Crippen LogP contribution >= 0.6 is 0 Å². The first-order valence-electron chi connectivity index (χ1n) is 9.37. The van der Waals surface area contributed by atoms with Crippen molar-refractivity contribution in [1.29, 1.82) is 0 Å². The molecule has 1 aromatic carbocycles. The summed E-state index contributed by atoms with van der Waals surface area (Å²) in [6.07, 6.45) is 3.63. The second-order valence-electron chi connectivity index (χ2n) is 7.12. The number of aromatic nitrogens is 2. The number of pyridine rings is 2. The number of hydrogen-bond donors (Lipinski definition) is 2. The molecule has 3 aromatic rings. The van der Waals surface area contributed by atoms with Crippen LogP contribution in [0.2, 0.25) is 0 Å². The first-order chi connectivity index (χ1) is 14.4. The number of hydrogen-bond acceptors (Lipinski definition) is 4. The van der Waals surface area contributed by atoms with E-state index in [1.165, 1.54) is 18.3 Å². The summed E-state index contributed by atoms with van der Waals surface area (Å²) < 4.78 is 25.9. The van der Waals surface area contributed by atoms with Gasteiger partial charge in [-0.1, -0.05) is 30.3 Å². The molecule has 0 aliphatic heterocycles. The zero-order chi connectivity index (χ0) is 21.1. The summed E-state index contributed by atoms with van der Waals surface area (Å²) in [6, 6.07) is 14.3. The van der Waals surface area contributed by atoms with Crippen LogP contribution < -0.4 is 10.6 Å². The van der Waals surface area contributed by atoms with E-state index in [1.54, 1.807) is 18.5 Å². The maximum atomic E-state index is 13.0. The summed E-state index contributed by atoms with van der Waals surface area (Å²) in [6.45, 7) is 0. The van der Waals surface area contributed by atoms with E-state index in [4.69, 9.17) is 0 Å². The van der Waals surface area contributed by atoms with E-state index in [-0.39, 0.29) is 11.4 Å². The predicted molar refractivity (Wildman–Crippen MR) is 108 cm³/mol. The van der Waals surface area contributed by atoms with Crippen LogP contribution in [0.5, 0.6) is 0 Å². The zero-order valence-electron chi connectivity index (χ0n) is 15.8. The Morgan fingerprint density at radius 3 is 2.50 bits per heavy atom. The monoisotopic (exact) mass is 408 g/mol. The summed E-state index contributed by atoms with van der Waals surface area (Å²) in [5, 5.41) is 5.32. The number of nitrogens with zero attached hydrogens (tertiary/aromatic N) is 2. The molecule has 0 atom stereocenters. The van der Waals surface area contributed by atoms with Gasteiger partial charge in [0.05, 0.1) is 11.9 Å². The molecule has 0 saturated heterocycles. The Morgan fingerprint density at radius 1 is 1.00 bits per heavy atom. The summed E-state index contributed by atoms with van der Waals surface area (Å²) in [7, 11) is 0. The quantitative estimate of drug-likeness (QED) is 0.656. The molecule has 1 aliphatic carbocycles. The Hall–Kier alpha value is -3.68. The van der Waals surface area contributed by atoms with Crippen LogP contribution in [0.1, 0.15) is 23.2 Å². The summed E-state index contributed by atoms with van der Waals surface area (Å²) in [5.41, 5.74) is 2.54. The van der Waals surface area contributed by atoms with Gasteiger partial charge in [0, 0.05) is 42.3 Å². The highest BCUT2D eigenvalue weighted by molar-refractivity contribution is 6.06. The normalized spacial score (nSPS) is 15.1. The number of anilines is 2. The van der Waals surface area contributed by atoms with E-state index < -0.39 is 36.5 Å². The van der Waals surface area contributed by atoms with Gasteiger partial charge in [-0.05, 0) is 23.8 Å². The Kier molecular flexibility index (Phi) is 5.22. The molecule has 0 bridgehead atoms. The standard InChI is InChI=1S/C22H18F2N4O2/c23-22(24)11-16(12-22)21(30)28-19-10-15(6-9-26-19)20(29)27-18-13-25-8-7-17(18)14-4-2-1-3-5-14/h1-10,13,16H,11-12H2,(H,27,29)(H,26,28,30). The summed E-state index contributed by atoms with van der Waals surface area (Å²) >= 11 is 0. The van der Waals surface area contributed by atoms with Gasteiger partial charge in [-0.15, -0.1) is 0 Å². The van der Waals surface area contributed by atoms with Crippen LogP contribution in [0.15, 0.2) is 67.1 Å². The van der Waals surface area contributed by atoms with Crippen molar-refractivity contribution in [2.75, 3.05) is 10.6 Å². The molecule has 1 fully saturated rings. The Bertz CT molecular complexity index is 1080. The largest absolute Gasteiger partial charge is 0.320 e. The Balaban J connectivity index is 1.48. The second-order valence-corrected chi connectivity index (χ2v) is 7.12. The van der Waals surface area contributed by atoms with Crippen molar-refractivity contribution in [3.8, 4) is 11.1 Å². The van der Waals surface area contributed by atoms with E-state index >= 15 is 0 Å². The molecule has 2 amide bonds. The fraction of sp³-hybridized carbons (Fsp3) is 0.182. The number of benzene rings is 1. The molecule has 30 heavy (non-hydrogen) atoms. The molecule has 2 N–H and O–H groups in total. The lowest BCUT2D eigenvalue weighted by Crippen LogP contribution is -2.42. The van der Waals surface area contributed by atoms with Crippen LogP contribution in [-0.2, 0) is 4.79 Å². The smallest absolute Gasteiger partial charge is 0.255 e. The van der Waals surface area contributed by atoms with Gasteiger partial charge in [-0.2, -0.15) is 0 Å². The van der Waals surface area contributed by atoms with Crippen molar-refractivity contribution in [2.45, 2.75) is 18.8 Å². The van der Waals surface area contributed by atoms with Gasteiger partial charge in [-0.25, -0.2) is 13.8 Å². The summed E-state index contributed by atoms with van der Waals surface area (Å²) in [5.74, 6) is -4.32. The molecule has 0 radical (unpaired) electrons. The number of halogens is 2. The molecule has 8 heteroatoms. The molecule has 2 aromatic heterocycles. The van der Waals surface area contributed by atoms with Crippen LogP contribution in [0.4, 0.5) is 20.3 Å². The first kappa shape index (κ1) is 19.6. The lowest BCUT2D eigenvalue weighted by molar-refractivity contribution is -0.145. The van der Waals surface area contributed by atoms with Gasteiger partial charge < -0.3 is 10.6 Å². The third-order valence-electron chi connectivity index (χ3n) is 4.89. The minimum Gasteiger partial charge on any atom is -0.320 e. The zero-order valence-corrected chi connectivity index (χ0v) is 15.8. The molecule has 0 spiro atoms. The van der Waals surface area contributed by atoms with Gasteiger partial charge in [0.25, 0.3) is 5.91 Å². The molecule has 4 rings (SSSR count). The number of alkyl halides is 2. The van der Waals surface area contributed by atoms with Crippen molar-refractivity contribution >= 4 is 23.3 Å². The van der Waals surface area contributed by atoms with E-state index in [1.807, 2.05) is 30.3 Å². The second kappa shape index (κ2) is 7.98. The number of carbonyl (C=O) groups is 2. The third kappa shape index (κ3) is 4.32. The topological polar surface area (TPSA) is 84.0 Å². The molecular weight excluding hydrogens is 390 g/mol. The van der Waals surface area contributed by atoms with Gasteiger partial charge >= 0.3 is 0 Å². The highest BCUT2D eigenvalue weighted by Gasteiger charge is 2.48. The predicted octanol–water partition coefficient (Wildman–Crippen LogP) is 4.38. The SMILES string of the molecule is O=C(Nc1cnccc1-c1ccccc1)c1ccnc(NC(=O)C2CC(F)(F)C2)c1. The van der Waals surface area contributed by atoms with Crippen molar-refractivity contribution in [1.82, 2.24) is 9.97 Å². The van der Waals surface area contributed by atoms with Gasteiger partial charge in [-0.3, -0.25) is 14.6 Å². The number of amides is 2.